The second kappa shape index (κ2) is 1.81. The maximum absolute atomic E-state index is 10.3. The highest BCUT2D eigenvalue weighted by Gasteiger charge is 2.06. The molecule has 0 aliphatic carbocycles. The minimum atomic E-state index is -0.641. The van der Waals surface area contributed by atoms with Crippen LogP contribution < -0.4 is 11.5 Å². The number of rotatable bonds is 1. The van der Waals surface area contributed by atoms with E-state index in [2.05, 4.69) is 4.42 Å². The molecule has 1 amide bonds. The van der Waals surface area contributed by atoms with Gasteiger partial charge in [-0.1, -0.05) is 0 Å². The van der Waals surface area contributed by atoms with Crippen LogP contribution in [0, 0.1) is 0 Å². The summed E-state index contributed by atoms with van der Waals surface area (Å²) in [4.78, 5) is 10.3. The first kappa shape index (κ1) is 5.68. The van der Waals surface area contributed by atoms with Gasteiger partial charge in [0, 0.05) is 6.07 Å². The van der Waals surface area contributed by atoms with Gasteiger partial charge in [0.05, 0.1) is 12.0 Å². The Balaban J connectivity index is 3.08. The minimum absolute atomic E-state index is 0.0231. The molecule has 1 rings (SSSR count). The zero-order valence-corrected chi connectivity index (χ0v) is 4.63. The molecule has 0 spiro atoms. The van der Waals surface area contributed by atoms with Gasteiger partial charge in [-0.15, -0.1) is 0 Å². The number of primary amides is 1. The normalized spacial score (nSPS) is 9.33. The van der Waals surface area contributed by atoms with Gasteiger partial charge in [0.25, 0.3) is 5.91 Å². The van der Waals surface area contributed by atoms with Crippen LogP contribution in [0.4, 0.5) is 5.69 Å². The van der Waals surface area contributed by atoms with Gasteiger partial charge in [-0.3, -0.25) is 4.79 Å². The van der Waals surface area contributed by atoms with Crippen molar-refractivity contribution in [3.05, 3.63) is 18.1 Å². The third-order valence-corrected chi connectivity index (χ3v) is 0.919. The second-order valence-electron chi connectivity index (χ2n) is 1.57. The number of hydrogen-bond acceptors (Lipinski definition) is 3. The molecule has 9 heavy (non-hydrogen) atoms. The molecule has 1 aromatic heterocycles. The molecule has 0 aromatic carbocycles. The van der Waals surface area contributed by atoms with E-state index in [0.29, 0.717) is 0 Å². The zero-order chi connectivity index (χ0) is 6.85. The molecular weight excluding hydrogens is 120 g/mol. The van der Waals surface area contributed by atoms with Gasteiger partial charge in [-0.2, -0.15) is 0 Å². The van der Waals surface area contributed by atoms with Crippen LogP contribution in [0.3, 0.4) is 0 Å². The van der Waals surface area contributed by atoms with Crippen molar-refractivity contribution < 1.29 is 9.21 Å². The summed E-state index contributed by atoms with van der Waals surface area (Å²) in [6.07, 6.45) is 1.31. The second-order valence-corrected chi connectivity index (χ2v) is 1.57. The van der Waals surface area contributed by atoms with Crippen LogP contribution in [0.2, 0.25) is 0 Å². The van der Waals surface area contributed by atoms with Crippen molar-refractivity contribution in [1.82, 2.24) is 0 Å². The van der Waals surface area contributed by atoms with E-state index in [-0.39, 0.29) is 11.4 Å². The molecule has 4 N–H and O–H groups in total. The molecule has 1 heterocycles. The molecule has 0 saturated carbocycles. The number of furan rings is 1. The Morgan fingerprint density at radius 1 is 1.67 bits per heavy atom. The van der Waals surface area contributed by atoms with Crippen LogP contribution in [-0.4, -0.2) is 5.91 Å². The third-order valence-electron chi connectivity index (χ3n) is 0.919. The number of hydrogen-bond donors (Lipinski definition) is 2. The maximum Gasteiger partial charge on any atom is 0.286 e. The quantitative estimate of drug-likeness (QED) is 0.553. The fraction of sp³-hybridized carbons (Fsp3) is 0. The van der Waals surface area contributed by atoms with Gasteiger partial charge in [0.1, 0.15) is 0 Å². The van der Waals surface area contributed by atoms with Gasteiger partial charge < -0.3 is 15.9 Å². The van der Waals surface area contributed by atoms with E-state index in [1.54, 1.807) is 0 Å². The number of amides is 1. The van der Waals surface area contributed by atoms with E-state index in [4.69, 9.17) is 11.5 Å². The summed E-state index contributed by atoms with van der Waals surface area (Å²) in [6.45, 7) is 0. The van der Waals surface area contributed by atoms with Crippen molar-refractivity contribution in [2.75, 3.05) is 5.73 Å². The van der Waals surface area contributed by atoms with E-state index < -0.39 is 5.91 Å². The molecule has 48 valence electrons. The van der Waals surface area contributed by atoms with E-state index in [0.717, 1.165) is 0 Å². The highest BCUT2D eigenvalue weighted by Crippen LogP contribution is 2.09. The Morgan fingerprint density at radius 2 is 2.33 bits per heavy atom. The number of nitrogen functional groups attached to an aromatic ring is 1. The Kier molecular flexibility index (Phi) is 1.14. The Hall–Kier alpha value is -1.45. The summed E-state index contributed by atoms with van der Waals surface area (Å²) >= 11 is 0. The Labute approximate surface area is 51.4 Å². The number of anilines is 1. The van der Waals surface area contributed by atoms with Crippen LogP contribution >= 0.6 is 0 Å². The molecule has 4 heteroatoms. The lowest BCUT2D eigenvalue weighted by molar-refractivity contribution is 0.0975. The topological polar surface area (TPSA) is 82.2 Å². The highest BCUT2D eigenvalue weighted by molar-refractivity contribution is 5.94. The van der Waals surface area contributed by atoms with Crippen molar-refractivity contribution in [3.63, 3.8) is 0 Å². The monoisotopic (exact) mass is 126 g/mol. The third kappa shape index (κ3) is 0.861. The Morgan fingerprint density at radius 3 is 2.56 bits per heavy atom. The Bertz CT molecular complexity index is 229. The van der Waals surface area contributed by atoms with Gasteiger partial charge in [0.15, 0.2) is 0 Å². The molecule has 0 atom stereocenters. The fourth-order valence-corrected chi connectivity index (χ4v) is 0.519. The average Bonchev–Trinajstić information content (AvgIpc) is 2.13. The van der Waals surface area contributed by atoms with Crippen LogP contribution in [0.25, 0.3) is 0 Å². The lowest BCUT2D eigenvalue weighted by Gasteiger charge is -1.86. The van der Waals surface area contributed by atoms with Crippen molar-refractivity contribution >= 4 is 11.6 Å². The molecule has 0 fully saturated rings. The maximum atomic E-state index is 10.3. The first-order valence-corrected chi connectivity index (χ1v) is 2.34. The molecule has 4 nitrogen and oxygen atoms in total. The van der Waals surface area contributed by atoms with Crippen molar-refractivity contribution in [1.29, 1.82) is 0 Å². The lowest BCUT2D eigenvalue weighted by Crippen LogP contribution is -2.11. The standard InChI is InChI=1S/C5H6N2O2/c6-3-1-2-9-4(3)5(7)8/h1-2H,6H2,(H2,7,8). The van der Waals surface area contributed by atoms with E-state index >= 15 is 0 Å². The minimum Gasteiger partial charge on any atom is -0.457 e. The number of carbonyl (C=O) groups is 1. The van der Waals surface area contributed by atoms with E-state index in [1.807, 2.05) is 0 Å². The molecule has 0 saturated heterocycles. The van der Waals surface area contributed by atoms with Crippen molar-refractivity contribution in [2.45, 2.75) is 0 Å². The molecule has 0 unspecified atom stereocenters. The predicted molar refractivity (Wildman–Crippen MR) is 31.6 cm³/mol. The first-order chi connectivity index (χ1) is 4.22. The zero-order valence-electron chi connectivity index (χ0n) is 4.63. The fourth-order valence-electron chi connectivity index (χ4n) is 0.519. The summed E-state index contributed by atoms with van der Waals surface area (Å²) in [6, 6.07) is 1.47. The molecule has 0 radical (unpaired) electrons. The van der Waals surface area contributed by atoms with Crippen LogP contribution in [0.5, 0.6) is 0 Å². The van der Waals surface area contributed by atoms with E-state index in [9.17, 15) is 4.79 Å². The summed E-state index contributed by atoms with van der Waals surface area (Å²) in [5, 5.41) is 0. The molecule has 0 aliphatic heterocycles. The molecule has 1 aromatic rings. The summed E-state index contributed by atoms with van der Waals surface area (Å²) < 4.78 is 4.63. The summed E-state index contributed by atoms with van der Waals surface area (Å²) in [5.74, 6) is -0.618. The molecular formula is C5H6N2O2. The van der Waals surface area contributed by atoms with Crippen molar-refractivity contribution in [2.24, 2.45) is 5.73 Å². The first-order valence-electron chi connectivity index (χ1n) is 2.34. The molecule has 0 bridgehead atoms. The number of carbonyl (C=O) groups excluding carboxylic acids is 1. The average molecular weight is 126 g/mol. The number of nitrogens with two attached hydrogens (primary N) is 2. The van der Waals surface area contributed by atoms with Gasteiger partial charge in [-0.05, 0) is 0 Å². The van der Waals surface area contributed by atoms with Crippen LogP contribution in [0.15, 0.2) is 16.7 Å². The lowest BCUT2D eigenvalue weighted by atomic mass is 10.4. The summed E-state index contributed by atoms with van der Waals surface area (Å²) in [5.41, 5.74) is 10.4. The van der Waals surface area contributed by atoms with Crippen LogP contribution in [0.1, 0.15) is 10.6 Å². The predicted octanol–water partition coefficient (Wildman–Crippen LogP) is -0.0393. The molecule has 0 aliphatic rings. The summed E-state index contributed by atoms with van der Waals surface area (Å²) in [7, 11) is 0. The van der Waals surface area contributed by atoms with Gasteiger partial charge in [0.2, 0.25) is 5.76 Å². The van der Waals surface area contributed by atoms with Gasteiger partial charge >= 0.3 is 0 Å². The van der Waals surface area contributed by atoms with Crippen LogP contribution in [-0.2, 0) is 0 Å². The van der Waals surface area contributed by atoms with Crippen molar-refractivity contribution in [3.8, 4) is 0 Å². The SMILES string of the molecule is NC(=O)c1occc1N. The van der Waals surface area contributed by atoms with Gasteiger partial charge in [-0.25, -0.2) is 0 Å². The highest BCUT2D eigenvalue weighted by atomic mass is 16.3. The smallest absolute Gasteiger partial charge is 0.286 e. The largest absolute Gasteiger partial charge is 0.457 e. The van der Waals surface area contributed by atoms with E-state index in [1.165, 1.54) is 12.3 Å².